The Bertz CT molecular complexity index is 717. The van der Waals surface area contributed by atoms with Crippen LogP contribution in [0.15, 0.2) is 24.5 Å². The van der Waals surface area contributed by atoms with Crippen LogP contribution in [0, 0.1) is 0 Å². The molecule has 0 radical (unpaired) electrons. The summed E-state index contributed by atoms with van der Waals surface area (Å²) in [5, 5.41) is 0. The molecule has 0 unspecified atom stereocenters. The van der Waals surface area contributed by atoms with Crippen LogP contribution >= 0.6 is 0 Å². The zero-order valence-corrected chi connectivity index (χ0v) is 13.4. The first-order valence-electron chi connectivity index (χ1n) is 8.23. The van der Waals surface area contributed by atoms with Gasteiger partial charge in [-0.25, -0.2) is 9.97 Å². The highest BCUT2D eigenvalue weighted by atomic mass is 16.6. The number of hydrogen-bond donors (Lipinski definition) is 0. The zero-order chi connectivity index (χ0) is 15.6. The van der Waals surface area contributed by atoms with Gasteiger partial charge in [-0.1, -0.05) is 6.07 Å². The monoisotopic (exact) mass is 311 g/mol. The summed E-state index contributed by atoms with van der Waals surface area (Å²) in [4.78, 5) is 11.2. The van der Waals surface area contributed by atoms with Gasteiger partial charge in [0.05, 0.1) is 0 Å². The number of benzene rings is 1. The Morgan fingerprint density at radius 3 is 2.78 bits per heavy atom. The normalized spacial score (nSPS) is 15.9. The molecule has 1 aromatic heterocycles. The van der Waals surface area contributed by atoms with Gasteiger partial charge in [0.2, 0.25) is 0 Å². The molecule has 5 nitrogen and oxygen atoms in total. The number of nitrogens with zero attached hydrogens (tertiary/aromatic N) is 3. The van der Waals surface area contributed by atoms with E-state index in [1.54, 1.807) is 6.33 Å². The zero-order valence-electron chi connectivity index (χ0n) is 13.4. The van der Waals surface area contributed by atoms with Gasteiger partial charge >= 0.3 is 0 Å². The SMILES string of the molecule is CN(Cc1ccc2c(c1)OCCO2)c1ncnc2c1CCCC2. The molecule has 0 bridgehead atoms. The van der Waals surface area contributed by atoms with Gasteiger partial charge in [0.1, 0.15) is 25.4 Å². The van der Waals surface area contributed by atoms with E-state index >= 15 is 0 Å². The maximum absolute atomic E-state index is 5.67. The first-order chi connectivity index (χ1) is 11.3. The molecule has 1 aliphatic carbocycles. The number of aromatic nitrogens is 2. The predicted molar refractivity (Wildman–Crippen MR) is 88.2 cm³/mol. The van der Waals surface area contributed by atoms with E-state index in [4.69, 9.17) is 9.47 Å². The van der Waals surface area contributed by atoms with Crippen molar-refractivity contribution in [3.8, 4) is 11.5 Å². The van der Waals surface area contributed by atoms with E-state index in [-0.39, 0.29) is 0 Å². The summed E-state index contributed by atoms with van der Waals surface area (Å²) in [6.45, 7) is 2.03. The minimum atomic E-state index is 0.617. The first kappa shape index (κ1) is 14.3. The van der Waals surface area contributed by atoms with Crippen molar-refractivity contribution in [2.24, 2.45) is 0 Å². The lowest BCUT2D eigenvalue weighted by atomic mass is 9.96. The summed E-state index contributed by atoms with van der Waals surface area (Å²) in [5.74, 6) is 2.73. The molecule has 2 aromatic rings. The first-order valence-corrected chi connectivity index (χ1v) is 8.23. The van der Waals surface area contributed by atoms with Crippen molar-refractivity contribution in [3.05, 3.63) is 41.3 Å². The minimum Gasteiger partial charge on any atom is -0.486 e. The van der Waals surface area contributed by atoms with Crippen LogP contribution in [0.25, 0.3) is 0 Å². The molecule has 2 aliphatic rings. The molecule has 4 rings (SSSR count). The Morgan fingerprint density at radius 1 is 1.04 bits per heavy atom. The lowest BCUT2D eigenvalue weighted by molar-refractivity contribution is 0.171. The van der Waals surface area contributed by atoms with Gasteiger partial charge in [0.25, 0.3) is 0 Å². The second kappa shape index (κ2) is 6.07. The van der Waals surface area contributed by atoms with Crippen LogP contribution in [-0.2, 0) is 19.4 Å². The van der Waals surface area contributed by atoms with Crippen molar-refractivity contribution in [1.82, 2.24) is 9.97 Å². The Morgan fingerprint density at radius 2 is 1.87 bits per heavy atom. The molecule has 0 saturated carbocycles. The maximum atomic E-state index is 5.67. The van der Waals surface area contributed by atoms with Gasteiger partial charge in [0, 0.05) is 24.8 Å². The van der Waals surface area contributed by atoms with Crippen LogP contribution in [0.5, 0.6) is 11.5 Å². The fourth-order valence-corrected chi connectivity index (χ4v) is 3.37. The number of anilines is 1. The molecule has 23 heavy (non-hydrogen) atoms. The van der Waals surface area contributed by atoms with Crippen molar-refractivity contribution in [2.45, 2.75) is 32.2 Å². The van der Waals surface area contributed by atoms with Crippen molar-refractivity contribution in [2.75, 3.05) is 25.2 Å². The van der Waals surface area contributed by atoms with E-state index in [2.05, 4.69) is 34.0 Å². The second-order valence-corrected chi connectivity index (χ2v) is 6.16. The number of aryl methyl sites for hydroxylation is 1. The lowest BCUT2D eigenvalue weighted by Gasteiger charge is -2.25. The van der Waals surface area contributed by atoms with E-state index in [1.165, 1.54) is 29.7 Å². The number of hydrogen-bond acceptors (Lipinski definition) is 5. The third-order valence-electron chi connectivity index (χ3n) is 4.49. The Balaban J connectivity index is 1.57. The topological polar surface area (TPSA) is 47.5 Å². The van der Waals surface area contributed by atoms with Gasteiger partial charge in [-0.15, -0.1) is 0 Å². The number of ether oxygens (including phenoxy) is 2. The summed E-state index contributed by atoms with van der Waals surface area (Å²) in [6.07, 6.45) is 6.31. The smallest absolute Gasteiger partial charge is 0.161 e. The van der Waals surface area contributed by atoms with Crippen LogP contribution < -0.4 is 14.4 Å². The third-order valence-corrected chi connectivity index (χ3v) is 4.49. The van der Waals surface area contributed by atoms with Crippen LogP contribution in [0.4, 0.5) is 5.82 Å². The fraction of sp³-hybridized carbons (Fsp3) is 0.444. The van der Waals surface area contributed by atoms with Gasteiger partial charge < -0.3 is 14.4 Å². The largest absolute Gasteiger partial charge is 0.486 e. The molecule has 0 amide bonds. The molecule has 0 fully saturated rings. The van der Waals surface area contributed by atoms with Crippen molar-refractivity contribution >= 4 is 5.82 Å². The molecule has 1 aliphatic heterocycles. The molecule has 120 valence electrons. The molecule has 0 spiro atoms. The third kappa shape index (κ3) is 2.83. The van der Waals surface area contributed by atoms with Gasteiger partial charge in [-0.2, -0.15) is 0 Å². The van der Waals surface area contributed by atoms with E-state index < -0.39 is 0 Å². The van der Waals surface area contributed by atoms with Crippen LogP contribution in [0.1, 0.15) is 29.7 Å². The number of rotatable bonds is 3. The lowest BCUT2D eigenvalue weighted by Crippen LogP contribution is -2.22. The Kier molecular flexibility index (Phi) is 3.77. The Hall–Kier alpha value is -2.30. The molecule has 1 aromatic carbocycles. The van der Waals surface area contributed by atoms with E-state index in [0.717, 1.165) is 36.7 Å². The molecular formula is C18H21N3O2. The molecule has 2 heterocycles. The predicted octanol–water partition coefficient (Wildman–Crippen LogP) is 2.76. The van der Waals surface area contributed by atoms with Gasteiger partial charge in [0.15, 0.2) is 11.5 Å². The van der Waals surface area contributed by atoms with Gasteiger partial charge in [-0.05, 0) is 43.4 Å². The molecule has 0 N–H and O–H groups in total. The quantitative estimate of drug-likeness (QED) is 0.872. The highest BCUT2D eigenvalue weighted by molar-refractivity contribution is 5.50. The number of fused-ring (bicyclic) bond motifs is 2. The summed E-state index contributed by atoms with van der Waals surface area (Å²) in [7, 11) is 2.09. The maximum Gasteiger partial charge on any atom is 0.161 e. The Labute approximate surface area is 136 Å². The van der Waals surface area contributed by atoms with E-state index in [9.17, 15) is 0 Å². The summed E-state index contributed by atoms with van der Waals surface area (Å²) in [6, 6.07) is 6.16. The van der Waals surface area contributed by atoms with Crippen molar-refractivity contribution < 1.29 is 9.47 Å². The summed E-state index contributed by atoms with van der Waals surface area (Å²) in [5.41, 5.74) is 3.73. The highest BCUT2D eigenvalue weighted by Gasteiger charge is 2.19. The second-order valence-electron chi connectivity index (χ2n) is 6.16. The van der Waals surface area contributed by atoms with Crippen molar-refractivity contribution in [3.63, 3.8) is 0 Å². The summed E-state index contributed by atoms with van der Waals surface area (Å²) >= 11 is 0. The molecule has 5 heteroatoms. The van der Waals surface area contributed by atoms with Crippen LogP contribution in [0.2, 0.25) is 0 Å². The molecule has 0 saturated heterocycles. The molecular weight excluding hydrogens is 290 g/mol. The van der Waals surface area contributed by atoms with Gasteiger partial charge in [-0.3, -0.25) is 0 Å². The van der Waals surface area contributed by atoms with Crippen LogP contribution in [0.3, 0.4) is 0 Å². The average Bonchev–Trinajstić information content (AvgIpc) is 2.61. The van der Waals surface area contributed by atoms with E-state index in [1.807, 2.05) is 6.07 Å². The fourth-order valence-electron chi connectivity index (χ4n) is 3.37. The summed E-state index contributed by atoms with van der Waals surface area (Å²) < 4.78 is 11.3. The van der Waals surface area contributed by atoms with E-state index in [0.29, 0.717) is 13.2 Å². The van der Waals surface area contributed by atoms with Crippen LogP contribution in [-0.4, -0.2) is 30.2 Å². The van der Waals surface area contributed by atoms with Crippen molar-refractivity contribution in [1.29, 1.82) is 0 Å². The standard InChI is InChI=1S/C18H21N3O2/c1-21(18-14-4-2-3-5-15(14)19-12-20-18)11-13-6-7-16-17(10-13)23-9-8-22-16/h6-7,10,12H,2-5,8-9,11H2,1H3. The average molecular weight is 311 g/mol. The highest BCUT2D eigenvalue weighted by Crippen LogP contribution is 2.32. The minimum absolute atomic E-state index is 0.617. The molecule has 0 atom stereocenters.